The molecule has 0 amide bonds. The van der Waals surface area contributed by atoms with Crippen molar-refractivity contribution in [1.82, 2.24) is 9.78 Å². The fourth-order valence-corrected chi connectivity index (χ4v) is 1.39. The molecule has 0 aromatic carbocycles. The molecule has 1 aromatic heterocycles. The summed E-state index contributed by atoms with van der Waals surface area (Å²) in [5.41, 5.74) is 0. The van der Waals surface area contributed by atoms with Crippen molar-refractivity contribution in [3.8, 4) is 0 Å². The third-order valence-corrected chi connectivity index (χ3v) is 2.28. The lowest BCUT2D eigenvalue weighted by Gasteiger charge is -1.89. The summed E-state index contributed by atoms with van der Waals surface area (Å²) in [6.45, 7) is 0.744. The van der Waals surface area contributed by atoms with Gasteiger partial charge in [-0.05, 0) is 23.7 Å². The van der Waals surface area contributed by atoms with E-state index in [1.165, 1.54) is 19.0 Å². The second-order valence-corrected chi connectivity index (χ2v) is 3.63. The molecule has 0 atom stereocenters. The SMILES string of the molecule is O=[N+]([O-])c1nn(CC2CC2)cc1Cl. The van der Waals surface area contributed by atoms with Gasteiger partial charge in [-0.2, -0.15) is 4.68 Å². The second-order valence-electron chi connectivity index (χ2n) is 3.22. The van der Waals surface area contributed by atoms with Gasteiger partial charge in [0.1, 0.15) is 0 Å². The highest BCUT2D eigenvalue weighted by Crippen LogP contribution is 2.31. The number of nitro groups is 1. The molecule has 5 nitrogen and oxygen atoms in total. The highest BCUT2D eigenvalue weighted by atomic mass is 35.5. The molecule has 1 aliphatic carbocycles. The molecule has 2 rings (SSSR count). The van der Waals surface area contributed by atoms with E-state index >= 15 is 0 Å². The normalized spacial score (nSPS) is 16.1. The van der Waals surface area contributed by atoms with Crippen LogP contribution in [0.2, 0.25) is 5.02 Å². The third kappa shape index (κ3) is 1.80. The van der Waals surface area contributed by atoms with Crippen LogP contribution in [0.15, 0.2) is 6.20 Å². The van der Waals surface area contributed by atoms with Gasteiger partial charge in [0.05, 0.1) is 17.8 Å². The van der Waals surface area contributed by atoms with Gasteiger partial charge in [0.25, 0.3) is 0 Å². The van der Waals surface area contributed by atoms with Gasteiger partial charge in [-0.25, -0.2) is 0 Å². The quantitative estimate of drug-likeness (QED) is 0.554. The van der Waals surface area contributed by atoms with Crippen LogP contribution in [0.3, 0.4) is 0 Å². The minimum absolute atomic E-state index is 0.116. The molecule has 1 aromatic rings. The molecule has 0 N–H and O–H groups in total. The largest absolute Gasteiger partial charge is 0.408 e. The zero-order chi connectivity index (χ0) is 9.42. The van der Waals surface area contributed by atoms with Crippen molar-refractivity contribution in [2.75, 3.05) is 0 Å². The lowest BCUT2D eigenvalue weighted by Crippen LogP contribution is -2.00. The molecule has 1 heterocycles. The fourth-order valence-electron chi connectivity index (χ4n) is 1.17. The summed E-state index contributed by atoms with van der Waals surface area (Å²) >= 11 is 5.62. The summed E-state index contributed by atoms with van der Waals surface area (Å²) in [6.07, 6.45) is 3.88. The molecule has 0 saturated heterocycles. The first-order chi connectivity index (χ1) is 6.16. The number of hydrogen-bond donors (Lipinski definition) is 0. The highest BCUT2D eigenvalue weighted by Gasteiger charge is 2.26. The Balaban J connectivity index is 2.18. The lowest BCUT2D eigenvalue weighted by atomic mass is 10.4. The molecule has 0 unspecified atom stereocenters. The minimum atomic E-state index is -0.564. The van der Waals surface area contributed by atoms with E-state index in [0.29, 0.717) is 5.92 Å². The molecule has 0 radical (unpaired) electrons. The van der Waals surface area contributed by atoms with E-state index in [1.54, 1.807) is 4.68 Å². The van der Waals surface area contributed by atoms with E-state index in [9.17, 15) is 10.1 Å². The van der Waals surface area contributed by atoms with Gasteiger partial charge in [-0.1, -0.05) is 11.6 Å². The topological polar surface area (TPSA) is 61.0 Å². The number of hydrogen-bond acceptors (Lipinski definition) is 3. The Morgan fingerprint density at radius 2 is 2.46 bits per heavy atom. The number of rotatable bonds is 3. The van der Waals surface area contributed by atoms with E-state index in [0.717, 1.165) is 6.54 Å². The van der Waals surface area contributed by atoms with Crippen molar-refractivity contribution < 1.29 is 4.92 Å². The van der Waals surface area contributed by atoms with Crippen LogP contribution in [0.4, 0.5) is 5.82 Å². The Bertz CT molecular complexity index is 346. The Labute approximate surface area is 79.4 Å². The maximum absolute atomic E-state index is 10.4. The maximum Gasteiger partial charge on any atom is 0.408 e. The molecule has 1 saturated carbocycles. The Kier molecular flexibility index (Phi) is 1.95. The van der Waals surface area contributed by atoms with Crippen LogP contribution in [-0.2, 0) is 6.54 Å². The van der Waals surface area contributed by atoms with Crippen molar-refractivity contribution in [3.05, 3.63) is 21.3 Å². The van der Waals surface area contributed by atoms with Crippen molar-refractivity contribution >= 4 is 17.4 Å². The van der Waals surface area contributed by atoms with Gasteiger partial charge in [-0.15, -0.1) is 0 Å². The first-order valence-corrected chi connectivity index (χ1v) is 4.42. The smallest absolute Gasteiger partial charge is 0.358 e. The molecule has 0 bridgehead atoms. The van der Waals surface area contributed by atoms with Gasteiger partial charge in [-0.3, -0.25) is 0 Å². The van der Waals surface area contributed by atoms with Gasteiger partial charge < -0.3 is 10.1 Å². The summed E-state index contributed by atoms with van der Waals surface area (Å²) in [6, 6.07) is 0. The van der Waals surface area contributed by atoms with Crippen LogP contribution in [-0.4, -0.2) is 14.7 Å². The van der Waals surface area contributed by atoms with Crippen LogP contribution in [0.1, 0.15) is 12.8 Å². The second kappa shape index (κ2) is 2.99. The highest BCUT2D eigenvalue weighted by molar-refractivity contribution is 6.32. The van der Waals surface area contributed by atoms with Gasteiger partial charge in [0.15, 0.2) is 5.02 Å². The molecule has 13 heavy (non-hydrogen) atoms. The lowest BCUT2D eigenvalue weighted by molar-refractivity contribution is -0.389. The first-order valence-electron chi connectivity index (χ1n) is 4.04. The monoisotopic (exact) mass is 201 g/mol. The Morgan fingerprint density at radius 1 is 1.77 bits per heavy atom. The Morgan fingerprint density at radius 3 is 2.92 bits per heavy atom. The summed E-state index contributed by atoms with van der Waals surface area (Å²) in [7, 11) is 0. The van der Waals surface area contributed by atoms with Crippen molar-refractivity contribution in [2.45, 2.75) is 19.4 Å². The average Bonchev–Trinajstić information content (AvgIpc) is 2.75. The maximum atomic E-state index is 10.4. The molecule has 70 valence electrons. The predicted molar refractivity (Wildman–Crippen MR) is 46.6 cm³/mol. The molecule has 0 spiro atoms. The van der Waals surface area contributed by atoms with Crippen LogP contribution >= 0.6 is 11.6 Å². The zero-order valence-corrected chi connectivity index (χ0v) is 7.57. The molecule has 0 aliphatic heterocycles. The first kappa shape index (κ1) is 8.50. The van der Waals surface area contributed by atoms with Gasteiger partial charge >= 0.3 is 5.82 Å². The summed E-state index contributed by atoms with van der Waals surface area (Å²) in [4.78, 5) is 9.82. The van der Waals surface area contributed by atoms with Gasteiger partial charge in [0, 0.05) is 0 Å². The number of nitrogens with zero attached hydrogens (tertiary/aromatic N) is 3. The van der Waals surface area contributed by atoms with Crippen LogP contribution < -0.4 is 0 Å². The van der Waals surface area contributed by atoms with E-state index in [4.69, 9.17) is 11.6 Å². The standard InChI is InChI=1S/C7H8ClN3O2/c8-6-4-10(3-5-1-2-5)9-7(6)11(12)13/h4-5H,1-3H2. The summed E-state index contributed by atoms with van der Waals surface area (Å²) in [5, 5.41) is 14.3. The average molecular weight is 202 g/mol. The molecular weight excluding hydrogens is 194 g/mol. The Hall–Kier alpha value is -1.10. The molecule has 1 fully saturated rings. The molecule has 6 heteroatoms. The van der Waals surface area contributed by atoms with Crippen molar-refractivity contribution in [2.24, 2.45) is 5.92 Å². The van der Waals surface area contributed by atoms with Crippen molar-refractivity contribution in [3.63, 3.8) is 0 Å². The van der Waals surface area contributed by atoms with Crippen LogP contribution in [0.5, 0.6) is 0 Å². The van der Waals surface area contributed by atoms with E-state index in [1.807, 2.05) is 0 Å². The van der Waals surface area contributed by atoms with E-state index in [-0.39, 0.29) is 10.8 Å². The predicted octanol–water partition coefficient (Wildman–Crippen LogP) is 1.85. The van der Waals surface area contributed by atoms with Gasteiger partial charge in [0.2, 0.25) is 0 Å². The zero-order valence-electron chi connectivity index (χ0n) is 6.81. The van der Waals surface area contributed by atoms with Crippen LogP contribution in [0.25, 0.3) is 0 Å². The molecular formula is C7H8ClN3O2. The molecule has 1 aliphatic rings. The number of aromatic nitrogens is 2. The van der Waals surface area contributed by atoms with Crippen molar-refractivity contribution in [1.29, 1.82) is 0 Å². The summed E-state index contributed by atoms with van der Waals surface area (Å²) < 4.78 is 1.55. The number of halogens is 1. The summed E-state index contributed by atoms with van der Waals surface area (Å²) in [5.74, 6) is 0.387. The fraction of sp³-hybridized carbons (Fsp3) is 0.571. The van der Waals surface area contributed by atoms with Crippen LogP contribution in [0, 0.1) is 16.0 Å². The van der Waals surface area contributed by atoms with E-state index in [2.05, 4.69) is 5.10 Å². The minimum Gasteiger partial charge on any atom is -0.358 e. The third-order valence-electron chi connectivity index (χ3n) is 2.01. The van der Waals surface area contributed by atoms with E-state index < -0.39 is 4.92 Å².